The fourth-order valence-electron chi connectivity index (χ4n) is 1.95. The van der Waals surface area contributed by atoms with E-state index in [1.54, 1.807) is 0 Å². The number of thioether (sulfide) groups is 2. The Labute approximate surface area is 150 Å². The maximum absolute atomic E-state index is 4.85. The number of guanidine groups is 1. The average molecular weight is 431 g/mol. The molecular formula is C14H30IN3S2. The van der Waals surface area contributed by atoms with Gasteiger partial charge >= 0.3 is 0 Å². The molecule has 1 heterocycles. The van der Waals surface area contributed by atoms with Gasteiger partial charge in [0.15, 0.2) is 5.96 Å². The van der Waals surface area contributed by atoms with Crippen LogP contribution in [0, 0.1) is 0 Å². The van der Waals surface area contributed by atoms with Crippen LogP contribution in [0.5, 0.6) is 0 Å². The van der Waals surface area contributed by atoms with Gasteiger partial charge in [-0.3, -0.25) is 4.99 Å². The molecule has 1 saturated heterocycles. The molecule has 3 nitrogen and oxygen atoms in total. The van der Waals surface area contributed by atoms with Crippen LogP contribution >= 0.6 is 47.5 Å². The Kier molecular flexibility index (Phi) is 9.29. The number of nitrogens with zero attached hydrogens (tertiary/aromatic N) is 2. The van der Waals surface area contributed by atoms with Gasteiger partial charge in [-0.2, -0.15) is 23.5 Å². The molecule has 0 aromatic carbocycles. The summed E-state index contributed by atoms with van der Waals surface area (Å²) in [5, 5.41) is 3.44. The van der Waals surface area contributed by atoms with Crippen molar-refractivity contribution >= 4 is 53.5 Å². The molecule has 0 amide bonds. The predicted molar refractivity (Wildman–Crippen MR) is 107 cm³/mol. The van der Waals surface area contributed by atoms with E-state index in [2.05, 4.69) is 62.9 Å². The van der Waals surface area contributed by atoms with E-state index in [0.29, 0.717) is 4.75 Å². The van der Waals surface area contributed by atoms with E-state index in [4.69, 9.17) is 4.99 Å². The predicted octanol–water partition coefficient (Wildman–Crippen LogP) is 3.54. The molecule has 20 heavy (non-hydrogen) atoms. The number of nitrogens with one attached hydrogen (secondary N) is 1. The van der Waals surface area contributed by atoms with E-state index in [1.165, 1.54) is 5.75 Å². The highest BCUT2D eigenvalue weighted by molar-refractivity contribution is 14.0. The third kappa shape index (κ3) is 7.11. The number of aliphatic imine (C=N–C) groups is 1. The van der Waals surface area contributed by atoms with Crippen molar-refractivity contribution in [2.45, 2.75) is 44.1 Å². The number of hydrogen-bond donors (Lipinski definition) is 1. The summed E-state index contributed by atoms with van der Waals surface area (Å²) >= 11 is 3.94. The van der Waals surface area contributed by atoms with Crippen LogP contribution in [-0.2, 0) is 0 Å². The van der Waals surface area contributed by atoms with Crippen molar-refractivity contribution in [3.8, 4) is 0 Å². The van der Waals surface area contributed by atoms with Crippen LogP contribution < -0.4 is 5.32 Å². The molecule has 0 saturated carbocycles. The first-order valence-corrected chi connectivity index (χ1v) is 9.23. The van der Waals surface area contributed by atoms with Crippen molar-refractivity contribution in [2.24, 2.45) is 4.99 Å². The van der Waals surface area contributed by atoms with Crippen LogP contribution in [0.1, 0.15) is 34.6 Å². The highest BCUT2D eigenvalue weighted by Crippen LogP contribution is 2.29. The van der Waals surface area contributed by atoms with Gasteiger partial charge in [-0.1, -0.05) is 0 Å². The summed E-state index contributed by atoms with van der Waals surface area (Å²) in [6.07, 6.45) is 2.16. The molecule has 0 unspecified atom stereocenters. The van der Waals surface area contributed by atoms with Gasteiger partial charge in [-0.05, 0) is 40.9 Å². The summed E-state index contributed by atoms with van der Waals surface area (Å²) in [7, 11) is 0. The minimum Gasteiger partial charge on any atom is -0.357 e. The maximum Gasteiger partial charge on any atom is 0.194 e. The first-order valence-electron chi connectivity index (χ1n) is 7.02. The first-order chi connectivity index (χ1) is 8.79. The van der Waals surface area contributed by atoms with Crippen LogP contribution in [0.4, 0.5) is 0 Å². The molecule has 1 aliphatic rings. The van der Waals surface area contributed by atoms with Gasteiger partial charge in [-0.15, -0.1) is 24.0 Å². The monoisotopic (exact) mass is 431 g/mol. The first kappa shape index (κ1) is 20.7. The minimum absolute atomic E-state index is 0. The molecule has 0 radical (unpaired) electrons. The fraction of sp³-hybridized carbons (Fsp3) is 0.929. The Morgan fingerprint density at radius 2 is 2.10 bits per heavy atom. The lowest BCUT2D eigenvalue weighted by Gasteiger charge is -2.39. The number of hydrogen-bond acceptors (Lipinski definition) is 3. The standard InChI is InChI=1S/C14H29N3S2.HI/c1-7-15-12(16-10-13(2,3)18-6)17-8-9-19-14(4,5)11-17;/h7-11H2,1-6H3,(H,15,16);1H. The highest BCUT2D eigenvalue weighted by Gasteiger charge is 2.29. The van der Waals surface area contributed by atoms with Crippen molar-refractivity contribution in [1.29, 1.82) is 0 Å². The molecule has 0 bridgehead atoms. The van der Waals surface area contributed by atoms with E-state index in [-0.39, 0.29) is 28.7 Å². The zero-order chi connectivity index (χ0) is 14.5. The second kappa shape index (κ2) is 8.98. The summed E-state index contributed by atoms with van der Waals surface area (Å²) in [5.74, 6) is 2.27. The fourth-order valence-corrected chi connectivity index (χ4v) is 3.26. The number of rotatable bonds is 4. The van der Waals surface area contributed by atoms with Crippen molar-refractivity contribution in [3.05, 3.63) is 0 Å². The van der Waals surface area contributed by atoms with Crippen molar-refractivity contribution in [1.82, 2.24) is 10.2 Å². The third-order valence-corrected chi connectivity index (χ3v) is 5.75. The Bertz CT molecular complexity index is 320. The van der Waals surface area contributed by atoms with E-state index >= 15 is 0 Å². The Balaban J connectivity index is 0.00000361. The van der Waals surface area contributed by atoms with Crippen LogP contribution in [0.25, 0.3) is 0 Å². The molecule has 0 aliphatic carbocycles. The molecule has 1 N–H and O–H groups in total. The lowest BCUT2D eigenvalue weighted by Crippen LogP contribution is -2.51. The minimum atomic E-state index is 0. The number of halogens is 1. The normalized spacial score (nSPS) is 19.5. The lowest BCUT2D eigenvalue weighted by atomic mass is 10.2. The second-order valence-corrected chi connectivity index (χ2v) is 9.48. The Hall–Kier alpha value is 0.700. The molecule has 0 atom stereocenters. The van der Waals surface area contributed by atoms with Crippen LogP contribution in [0.3, 0.4) is 0 Å². The quantitative estimate of drug-likeness (QED) is 0.419. The molecule has 1 aliphatic heterocycles. The zero-order valence-electron chi connectivity index (χ0n) is 13.7. The van der Waals surface area contributed by atoms with Gasteiger partial charge < -0.3 is 10.2 Å². The van der Waals surface area contributed by atoms with Gasteiger partial charge in [0.05, 0.1) is 6.54 Å². The molecule has 0 aromatic rings. The zero-order valence-corrected chi connectivity index (χ0v) is 17.6. The van der Waals surface area contributed by atoms with Gasteiger partial charge in [-0.25, -0.2) is 0 Å². The summed E-state index contributed by atoms with van der Waals surface area (Å²) in [5.41, 5.74) is 0. The van der Waals surface area contributed by atoms with E-state index in [1.807, 2.05) is 11.8 Å². The van der Waals surface area contributed by atoms with Crippen LogP contribution in [0.2, 0.25) is 0 Å². The molecule has 0 aromatic heterocycles. The smallest absolute Gasteiger partial charge is 0.194 e. The van der Waals surface area contributed by atoms with Crippen molar-refractivity contribution < 1.29 is 0 Å². The second-order valence-electron chi connectivity index (χ2n) is 6.16. The molecule has 1 fully saturated rings. The third-order valence-electron chi connectivity index (χ3n) is 3.22. The van der Waals surface area contributed by atoms with Gasteiger partial charge in [0.2, 0.25) is 0 Å². The van der Waals surface area contributed by atoms with E-state index in [0.717, 1.165) is 32.1 Å². The summed E-state index contributed by atoms with van der Waals surface area (Å²) in [6.45, 7) is 15.2. The molecule has 1 rings (SSSR count). The summed E-state index contributed by atoms with van der Waals surface area (Å²) in [6, 6.07) is 0. The average Bonchev–Trinajstić information content (AvgIpc) is 2.33. The topological polar surface area (TPSA) is 27.6 Å². The maximum atomic E-state index is 4.85. The van der Waals surface area contributed by atoms with Crippen LogP contribution in [-0.4, -0.2) is 58.5 Å². The molecule has 6 heteroatoms. The van der Waals surface area contributed by atoms with E-state index in [9.17, 15) is 0 Å². The Morgan fingerprint density at radius 1 is 1.45 bits per heavy atom. The lowest BCUT2D eigenvalue weighted by molar-refractivity contribution is 0.375. The van der Waals surface area contributed by atoms with Gasteiger partial charge in [0, 0.05) is 34.9 Å². The van der Waals surface area contributed by atoms with Crippen molar-refractivity contribution in [2.75, 3.05) is 38.2 Å². The van der Waals surface area contributed by atoms with Crippen molar-refractivity contribution in [3.63, 3.8) is 0 Å². The molecular weight excluding hydrogens is 401 g/mol. The molecule has 0 spiro atoms. The largest absolute Gasteiger partial charge is 0.357 e. The van der Waals surface area contributed by atoms with E-state index < -0.39 is 0 Å². The van der Waals surface area contributed by atoms with Gasteiger partial charge in [0.1, 0.15) is 0 Å². The van der Waals surface area contributed by atoms with Crippen LogP contribution in [0.15, 0.2) is 4.99 Å². The SMILES string of the molecule is CCNC(=NCC(C)(C)SC)N1CCSC(C)(C)C1.I. The molecule has 120 valence electrons. The highest BCUT2D eigenvalue weighted by atomic mass is 127. The Morgan fingerprint density at radius 3 is 2.60 bits per heavy atom. The summed E-state index contributed by atoms with van der Waals surface area (Å²) < 4.78 is 0.532. The summed E-state index contributed by atoms with van der Waals surface area (Å²) in [4.78, 5) is 7.26. The van der Waals surface area contributed by atoms with Gasteiger partial charge in [0.25, 0.3) is 0 Å².